The van der Waals surface area contributed by atoms with E-state index in [0.717, 1.165) is 30.1 Å². The van der Waals surface area contributed by atoms with Crippen molar-refractivity contribution in [2.75, 3.05) is 13.2 Å². The number of ether oxygens (including phenoxy) is 1. The van der Waals surface area contributed by atoms with Crippen molar-refractivity contribution in [1.82, 2.24) is 9.88 Å². The van der Waals surface area contributed by atoms with Crippen LogP contribution in [0.4, 0.5) is 0 Å². The lowest BCUT2D eigenvalue weighted by molar-refractivity contribution is -0.142. The molecule has 0 aliphatic carbocycles. The van der Waals surface area contributed by atoms with Crippen molar-refractivity contribution in [2.24, 2.45) is 0 Å². The molecule has 0 spiro atoms. The topological polar surface area (TPSA) is 62.7 Å². The van der Waals surface area contributed by atoms with E-state index in [1.54, 1.807) is 11.3 Å². The summed E-state index contributed by atoms with van der Waals surface area (Å²) in [5.41, 5.74) is 0.944. The fourth-order valence-electron chi connectivity index (χ4n) is 2.41. The van der Waals surface area contributed by atoms with Crippen LogP contribution in [0.3, 0.4) is 0 Å². The van der Waals surface area contributed by atoms with E-state index in [0.29, 0.717) is 13.2 Å². The Kier molecular flexibility index (Phi) is 4.90. The molecule has 1 unspecified atom stereocenters. The Balaban J connectivity index is 1.98. The first-order valence-corrected chi connectivity index (χ1v) is 7.52. The molecule has 0 amide bonds. The molecule has 19 heavy (non-hydrogen) atoms. The second kappa shape index (κ2) is 6.45. The van der Waals surface area contributed by atoms with Crippen LogP contribution in [-0.2, 0) is 16.1 Å². The minimum Gasteiger partial charge on any atom is -0.480 e. The smallest absolute Gasteiger partial charge is 0.320 e. The molecule has 0 bridgehead atoms. The molecule has 1 aromatic heterocycles. The third-order valence-corrected chi connectivity index (χ3v) is 4.40. The molecule has 1 aromatic rings. The summed E-state index contributed by atoms with van der Waals surface area (Å²) in [6, 6.07) is -0.352. The number of thiazole rings is 1. The van der Waals surface area contributed by atoms with E-state index in [1.165, 1.54) is 0 Å². The highest BCUT2D eigenvalue weighted by Gasteiger charge is 2.30. The number of hydrogen-bond acceptors (Lipinski definition) is 5. The lowest BCUT2D eigenvalue weighted by Gasteiger charge is -2.19. The first-order valence-electron chi connectivity index (χ1n) is 6.64. The molecule has 0 aromatic carbocycles. The van der Waals surface area contributed by atoms with Crippen LogP contribution >= 0.6 is 11.3 Å². The van der Waals surface area contributed by atoms with Crippen molar-refractivity contribution in [1.29, 1.82) is 0 Å². The molecule has 1 aliphatic rings. The SMILES string of the molecule is CCOC(C)c1nc(CN2CCC[C@H]2C(=O)O)cs1. The maximum absolute atomic E-state index is 11.1. The Labute approximate surface area is 117 Å². The number of likely N-dealkylation sites (tertiary alicyclic amines) is 1. The van der Waals surface area contributed by atoms with Gasteiger partial charge in [0.25, 0.3) is 0 Å². The number of aliphatic carboxylic acids is 1. The summed E-state index contributed by atoms with van der Waals surface area (Å²) < 4.78 is 5.51. The van der Waals surface area contributed by atoms with Gasteiger partial charge < -0.3 is 9.84 Å². The summed E-state index contributed by atoms with van der Waals surface area (Å²) >= 11 is 1.58. The van der Waals surface area contributed by atoms with Gasteiger partial charge in [0.15, 0.2) is 0 Å². The summed E-state index contributed by atoms with van der Waals surface area (Å²) in [5, 5.41) is 12.1. The highest BCUT2D eigenvalue weighted by atomic mass is 32.1. The second-order valence-corrected chi connectivity index (χ2v) is 5.63. The number of carboxylic acids is 1. The lowest BCUT2D eigenvalue weighted by atomic mass is 10.2. The van der Waals surface area contributed by atoms with Crippen molar-refractivity contribution in [3.63, 3.8) is 0 Å². The number of carbonyl (C=O) groups is 1. The van der Waals surface area contributed by atoms with Crippen LogP contribution in [-0.4, -0.2) is 40.2 Å². The van der Waals surface area contributed by atoms with Crippen molar-refractivity contribution < 1.29 is 14.6 Å². The Bertz CT molecular complexity index is 435. The quantitative estimate of drug-likeness (QED) is 0.868. The Morgan fingerprint density at radius 1 is 1.74 bits per heavy atom. The van der Waals surface area contributed by atoms with E-state index in [1.807, 2.05) is 24.1 Å². The lowest BCUT2D eigenvalue weighted by Crippen LogP contribution is -2.35. The van der Waals surface area contributed by atoms with Crippen LogP contribution in [0.5, 0.6) is 0 Å². The maximum atomic E-state index is 11.1. The molecule has 2 heterocycles. The zero-order chi connectivity index (χ0) is 13.8. The molecule has 2 atom stereocenters. The normalized spacial score (nSPS) is 21.7. The fraction of sp³-hybridized carbons (Fsp3) is 0.692. The van der Waals surface area contributed by atoms with Gasteiger partial charge in [0.1, 0.15) is 17.2 Å². The monoisotopic (exact) mass is 284 g/mol. The second-order valence-electron chi connectivity index (χ2n) is 4.74. The van der Waals surface area contributed by atoms with Crippen LogP contribution in [0.1, 0.15) is 43.5 Å². The first kappa shape index (κ1) is 14.4. The van der Waals surface area contributed by atoms with Gasteiger partial charge in [-0.15, -0.1) is 11.3 Å². The summed E-state index contributed by atoms with van der Waals surface area (Å²) in [6.45, 7) is 6.08. The standard InChI is InChI=1S/C13H20N2O3S/c1-3-18-9(2)12-14-10(8-19-12)7-15-6-4-5-11(15)13(16)17/h8-9,11H,3-7H2,1-2H3,(H,16,17)/t9?,11-/m0/s1. The minimum atomic E-state index is -0.726. The molecule has 1 saturated heterocycles. The average molecular weight is 284 g/mol. The number of hydrogen-bond donors (Lipinski definition) is 1. The molecule has 1 fully saturated rings. The Hall–Kier alpha value is -0.980. The molecule has 6 heteroatoms. The maximum Gasteiger partial charge on any atom is 0.320 e. The van der Waals surface area contributed by atoms with E-state index in [2.05, 4.69) is 4.98 Å². The van der Waals surface area contributed by atoms with E-state index >= 15 is 0 Å². The summed E-state index contributed by atoms with van der Waals surface area (Å²) in [4.78, 5) is 17.7. The summed E-state index contributed by atoms with van der Waals surface area (Å²) in [6.07, 6.45) is 1.70. The van der Waals surface area contributed by atoms with Gasteiger partial charge in [-0.2, -0.15) is 0 Å². The highest BCUT2D eigenvalue weighted by molar-refractivity contribution is 7.09. The first-order chi connectivity index (χ1) is 9.11. The molecule has 1 N–H and O–H groups in total. The third kappa shape index (κ3) is 3.52. The van der Waals surface area contributed by atoms with Gasteiger partial charge in [-0.25, -0.2) is 4.98 Å². The average Bonchev–Trinajstić information content (AvgIpc) is 2.99. The largest absolute Gasteiger partial charge is 0.480 e. The predicted molar refractivity (Wildman–Crippen MR) is 73.2 cm³/mol. The van der Waals surface area contributed by atoms with Crippen LogP contribution in [0.25, 0.3) is 0 Å². The third-order valence-electron chi connectivity index (χ3n) is 3.35. The van der Waals surface area contributed by atoms with Crippen molar-refractivity contribution in [3.8, 4) is 0 Å². The Morgan fingerprint density at radius 2 is 2.53 bits per heavy atom. The predicted octanol–water partition coefficient (Wildman–Crippen LogP) is 2.29. The minimum absolute atomic E-state index is 0.0117. The van der Waals surface area contributed by atoms with Gasteiger partial charge in [-0.1, -0.05) is 0 Å². The van der Waals surface area contributed by atoms with E-state index in [-0.39, 0.29) is 12.1 Å². The van der Waals surface area contributed by atoms with E-state index in [4.69, 9.17) is 9.84 Å². The van der Waals surface area contributed by atoms with Gasteiger partial charge in [-0.3, -0.25) is 9.69 Å². The molecule has 2 rings (SSSR count). The summed E-state index contributed by atoms with van der Waals surface area (Å²) in [7, 11) is 0. The van der Waals surface area contributed by atoms with Crippen molar-refractivity contribution >= 4 is 17.3 Å². The van der Waals surface area contributed by atoms with Crippen LogP contribution in [0.2, 0.25) is 0 Å². The van der Waals surface area contributed by atoms with Crippen LogP contribution < -0.4 is 0 Å². The number of nitrogens with zero attached hydrogens (tertiary/aromatic N) is 2. The van der Waals surface area contributed by atoms with Crippen molar-refractivity contribution in [2.45, 2.75) is 45.4 Å². The Morgan fingerprint density at radius 3 is 3.21 bits per heavy atom. The molecule has 5 nitrogen and oxygen atoms in total. The highest BCUT2D eigenvalue weighted by Crippen LogP contribution is 2.24. The van der Waals surface area contributed by atoms with Gasteiger partial charge >= 0.3 is 5.97 Å². The van der Waals surface area contributed by atoms with E-state index < -0.39 is 5.97 Å². The van der Waals surface area contributed by atoms with Crippen molar-refractivity contribution in [3.05, 3.63) is 16.1 Å². The molecule has 106 valence electrons. The molecular weight excluding hydrogens is 264 g/mol. The van der Waals surface area contributed by atoms with Gasteiger partial charge in [0, 0.05) is 18.5 Å². The molecule has 1 aliphatic heterocycles. The van der Waals surface area contributed by atoms with Crippen LogP contribution in [0, 0.1) is 0 Å². The molecular formula is C13H20N2O3S. The number of rotatable bonds is 6. The van der Waals surface area contributed by atoms with Gasteiger partial charge in [-0.05, 0) is 33.2 Å². The number of carboxylic acid groups (broad SMARTS) is 1. The van der Waals surface area contributed by atoms with E-state index in [9.17, 15) is 4.79 Å². The zero-order valence-corrected chi connectivity index (χ0v) is 12.2. The van der Waals surface area contributed by atoms with Gasteiger partial charge in [0.2, 0.25) is 0 Å². The van der Waals surface area contributed by atoms with Crippen LogP contribution in [0.15, 0.2) is 5.38 Å². The van der Waals surface area contributed by atoms with Gasteiger partial charge in [0.05, 0.1) is 5.69 Å². The molecule has 0 saturated carbocycles. The fourth-order valence-corrected chi connectivity index (χ4v) is 3.22. The zero-order valence-electron chi connectivity index (χ0n) is 11.3. The number of aromatic nitrogens is 1. The molecule has 0 radical (unpaired) electrons. The summed E-state index contributed by atoms with van der Waals surface area (Å²) in [5.74, 6) is -0.726.